The van der Waals surface area contributed by atoms with Crippen LogP contribution in [0.4, 0.5) is 4.79 Å². The van der Waals surface area contributed by atoms with Crippen molar-refractivity contribution in [2.24, 2.45) is 5.92 Å². The zero-order valence-corrected chi connectivity index (χ0v) is 12.2. The fraction of sp³-hybridized carbons (Fsp3) is 0.562. The van der Waals surface area contributed by atoms with Crippen LogP contribution in [0.2, 0.25) is 0 Å². The predicted octanol–water partition coefficient (Wildman–Crippen LogP) is 2.55. The van der Waals surface area contributed by atoms with Gasteiger partial charge in [0.25, 0.3) is 0 Å². The molecule has 1 aliphatic rings. The number of hydrogen-bond donors (Lipinski definition) is 2. The fourth-order valence-electron chi connectivity index (χ4n) is 2.70. The number of likely N-dealkylation sites (tertiary alicyclic amines) is 1. The monoisotopic (exact) mass is 276 g/mol. The third kappa shape index (κ3) is 3.31. The SMILES string of the molecule is CC(C)[C@@H](CO)NC(=O)N1CCCC1c1ccccc1. The largest absolute Gasteiger partial charge is 0.394 e. The van der Waals surface area contributed by atoms with Gasteiger partial charge in [-0.3, -0.25) is 0 Å². The van der Waals surface area contributed by atoms with E-state index in [9.17, 15) is 9.90 Å². The Balaban J connectivity index is 2.05. The molecule has 1 fully saturated rings. The number of rotatable bonds is 4. The number of carbonyl (C=O) groups is 1. The van der Waals surface area contributed by atoms with Crippen molar-refractivity contribution in [2.45, 2.75) is 38.8 Å². The molecule has 1 aliphatic heterocycles. The summed E-state index contributed by atoms with van der Waals surface area (Å²) in [5.74, 6) is 0.224. The van der Waals surface area contributed by atoms with Crippen molar-refractivity contribution in [3.8, 4) is 0 Å². The first-order valence-corrected chi connectivity index (χ1v) is 7.36. The molecule has 110 valence electrons. The Kier molecular flexibility index (Phi) is 5.01. The minimum atomic E-state index is -0.181. The summed E-state index contributed by atoms with van der Waals surface area (Å²) in [5.41, 5.74) is 1.19. The van der Waals surface area contributed by atoms with Gasteiger partial charge in [-0.1, -0.05) is 44.2 Å². The zero-order chi connectivity index (χ0) is 14.5. The third-order valence-electron chi connectivity index (χ3n) is 4.01. The topological polar surface area (TPSA) is 52.6 Å². The van der Waals surface area contributed by atoms with Gasteiger partial charge in [-0.15, -0.1) is 0 Å². The van der Waals surface area contributed by atoms with Crippen LogP contribution in [-0.2, 0) is 0 Å². The second-order valence-electron chi connectivity index (χ2n) is 5.74. The second-order valence-corrected chi connectivity index (χ2v) is 5.74. The van der Waals surface area contributed by atoms with Crippen molar-refractivity contribution in [1.82, 2.24) is 10.2 Å². The van der Waals surface area contributed by atoms with E-state index < -0.39 is 0 Å². The van der Waals surface area contributed by atoms with E-state index in [1.54, 1.807) is 0 Å². The molecule has 0 bridgehead atoms. The van der Waals surface area contributed by atoms with Crippen LogP contribution in [0.5, 0.6) is 0 Å². The van der Waals surface area contributed by atoms with Crippen LogP contribution in [0.25, 0.3) is 0 Å². The molecule has 2 atom stereocenters. The van der Waals surface area contributed by atoms with Crippen molar-refractivity contribution < 1.29 is 9.90 Å². The summed E-state index contributed by atoms with van der Waals surface area (Å²) in [6.45, 7) is 4.76. The number of aliphatic hydroxyl groups excluding tert-OH is 1. The summed E-state index contributed by atoms with van der Waals surface area (Å²) < 4.78 is 0. The van der Waals surface area contributed by atoms with Gasteiger partial charge in [0.2, 0.25) is 0 Å². The first-order valence-electron chi connectivity index (χ1n) is 7.36. The van der Waals surface area contributed by atoms with E-state index in [0.717, 1.165) is 19.4 Å². The Morgan fingerprint density at radius 1 is 1.40 bits per heavy atom. The van der Waals surface area contributed by atoms with Crippen LogP contribution < -0.4 is 5.32 Å². The number of nitrogens with one attached hydrogen (secondary N) is 1. The average molecular weight is 276 g/mol. The molecule has 4 nitrogen and oxygen atoms in total. The van der Waals surface area contributed by atoms with Gasteiger partial charge in [0, 0.05) is 6.54 Å². The summed E-state index contributed by atoms with van der Waals surface area (Å²) in [6.07, 6.45) is 2.03. The first kappa shape index (κ1) is 14.9. The smallest absolute Gasteiger partial charge is 0.318 e. The summed E-state index contributed by atoms with van der Waals surface area (Å²) >= 11 is 0. The van der Waals surface area contributed by atoms with E-state index in [4.69, 9.17) is 0 Å². The molecular weight excluding hydrogens is 252 g/mol. The zero-order valence-electron chi connectivity index (χ0n) is 12.2. The maximum Gasteiger partial charge on any atom is 0.318 e. The first-order chi connectivity index (χ1) is 9.63. The number of nitrogens with zero attached hydrogens (tertiary/aromatic N) is 1. The van der Waals surface area contributed by atoms with Gasteiger partial charge in [-0.2, -0.15) is 0 Å². The molecule has 1 unspecified atom stereocenters. The Labute approximate surface area is 120 Å². The molecule has 2 N–H and O–H groups in total. The molecule has 0 spiro atoms. The molecule has 1 aromatic rings. The van der Waals surface area contributed by atoms with Gasteiger partial charge < -0.3 is 15.3 Å². The summed E-state index contributed by atoms with van der Waals surface area (Å²) in [7, 11) is 0. The molecule has 0 saturated carbocycles. The molecule has 0 aromatic heterocycles. The third-order valence-corrected chi connectivity index (χ3v) is 4.01. The molecule has 0 radical (unpaired) electrons. The summed E-state index contributed by atoms with van der Waals surface area (Å²) in [6, 6.07) is 10.1. The summed E-state index contributed by atoms with van der Waals surface area (Å²) in [4.78, 5) is 14.3. The summed E-state index contributed by atoms with van der Waals surface area (Å²) in [5, 5.41) is 12.3. The lowest BCUT2D eigenvalue weighted by Crippen LogP contribution is -2.48. The lowest BCUT2D eigenvalue weighted by atomic mass is 10.0. The van der Waals surface area contributed by atoms with Gasteiger partial charge in [-0.25, -0.2) is 4.79 Å². The molecule has 2 amide bonds. The van der Waals surface area contributed by atoms with Crippen molar-refractivity contribution in [2.75, 3.05) is 13.2 Å². The normalized spacial score (nSPS) is 20.2. The van der Waals surface area contributed by atoms with Crippen LogP contribution in [0.15, 0.2) is 30.3 Å². The molecule has 4 heteroatoms. The van der Waals surface area contributed by atoms with E-state index in [-0.39, 0.29) is 30.6 Å². The van der Waals surface area contributed by atoms with Crippen molar-refractivity contribution in [3.63, 3.8) is 0 Å². The highest BCUT2D eigenvalue weighted by Crippen LogP contribution is 2.31. The Morgan fingerprint density at radius 3 is 2.70 bits per heavy atom. The highest BCUT2D eigenvalue weighted by molar-refractivity contribution is 5.75. The molecule has 0 aliphatic carbocycles. The van der Waals surface area contributed by atoms with E-state index >= 15 is 0 Å². The van der Waals surface area contributed by atoms with Crippen LogP contribution in [0.3, 0.4) is 0 Å². The molecule has 2 rings (SSSR count). The van der Waals surface area contributed by atoms with E-state index in [0.29, 0.717) is 0 Å². The van der Waals surface area contributed by atoms with Gasteiger partial charge in [0.1, 0.15) is 0 Å². The minimum absolute atomic E-state index is 0.0206. The number of amides is 2. The van der Waals surface area contributed by atoms with Crippen LogP contribution in [0.1, 0.15) is 38.3 Å². The average Bonchev–Trinajstić information content (AvgIpc) is 2.94. The van der Waals surface area contributed by atoms with Gasteiger partial charge in [-0.05, 0) is 24.3 Å². The van der Waals surface area contributed by atoms with Gasteiger partial charge >= 0.3 is 6.03 Å². The highest BCUT2D eigenvalue weighted by atomic mass is 16.3. The molecule has 1 heterocycles. The van der Waals surface area contributed by atoms with E-state index in [2.05, 4.69) is 17.4 Å². The molecular formula is C16H24N2O2. The Bertz CT molecular complexity index is 433. The van der Waals surface area contributed by atoms with Crippen LogP contribution >= 0.6 is 0 Å². The quantitative estimate of drug-likeness (QED) is 0.888. The van der Waals surface area contributed by atoms with Crippen molar-refractivity contribution >= 4 is 6.03 Å². The van der Waals surface area contributed by atoms with E-state index in [1.807, 2.05) is 36.9 Å². The molecule has 1 aromatic carbocycles. The fourth-order valence-corrected chi connectivity index (χ4v) is 2.70. The van der Waals surface area contributed by atoms with Crippen molar-refractivity contribution in [3.05, 3.63) is 35.9 Å². The van der Waals surface area contributed by atoms with Crippen molar-refractivity contribution in [1.29, 1.82) is 0 Å². The lowest BCUT2D eigenvalue weighted by Gasteiger charge is -2.29. The molecule has 1 saturated heterocycles. The van der Waals surface area contributed by atoms with Gasteiger partial charge in [0.05, 0.1) is 18.7 Å². The number of hydrogen-bond acceptors (Lipinski definition) is 2. The standard InChI is InChI=1S/C16H24N2O2/c1-12(2)14(11-19)17-16(20)18-10-6-9-15(18)13-7-4-3-5-8-13/h3-5,7-8,12,14-15,19H,6,9-11H2,1-2H3,(H,17,20)/t14-,15?/m1/s1. The number of aliphatic hydroxyl groups is 1. The van der Waals surface area contributed by atoms with Crippen LogP contribution in [-0.4, -0.2) is 35.2 Å². The highest BCUT2D eigenvalue weighted by Gasteiger charge is 2.31. The Hall–Kier alpha value is -1.55. The van der Waals surface area contributed by atoms with Gasteiger partial charge in [0.15, 0.2) is 0 Å². The number of urea groups is 1. The molecule has 20 heavy (non-hydrogen) atoms. The number of carbonyl (C=O) groups excluding carboxylic acids is 1. The minimum Gasteiger partial charge on any atom is -0.394 e. The number of benzene rings is 1. The van der Waals surface area contributed by atoms with Crippen LogP contribution in [0, 0.1) is 5.92 Å². The Morgan fingerprint density at radius 2 is 2.10 bits per heavy atom. The predicted molar refractivity (Wildman–Crippen MR) is 79.4 cm³/mol. The van der Waals surface area contributed by atoms with E-state index in [1.165, 1.54) is 5.56 Å². The maximum atomic E-state index is 12.4. The second kappa shape index (κ2) is 6.75. The maximum absolute atomic E-state index is 12.4. The lowest BCUT2D eigenvalue weighted by molar-refractivity contribution is 0.167.